The van der Waals surface area contributed by atoms with Gasteiger partial charge in [-0.05, 0) is 38.5 Å². The molecule has 1 unspecified atom stereocenters. The molecule has 0 spiro atoms. The highest BCUT2D eigenvalue weighted by Gasteiger charge is 2.24. The molecule has 142 valence electrons. The molecule has 2 rings (SSSR count). The first kappa shape index (κ1) is 20.2. The SMILES string of the molecule is CC(C)(C)N(Cc1ccccc1)CC(O)COc1cccc(N)c1CN. The maximum Gasteiger partial charge on any atom is 0.125 e. The number of hydrogen-bond acceptors (Lipinski definition) is 5. The summed E-state index contributed by atoms with van der Waals surface area (Å²) < 4.78 is 5.80. The number of nitrogen functional groups attached to an aromatic ring is 1. The van der Waals surface area contributed by atoms with E-state index in [0.717, 1.165) is 12.1 Å². The van der Waals surface area contributed by atoms with E-state index in [2.05, 4.69) is 37.8 Å². The van der Waals surface area contributed by atoms with E-state index in [-0.39, 0.29) is 12.1 Å². The van der Waals surface area contributed by atoms with Crippen molar-refractivity contribution in [3.05, 3.63) is 59.7 Å². The van der Waals surface area contributed by atoms with E-state index in [0.29, 0.717) is 24.5 Å². The zero-order valence-electron chi connectivity index (χ0n) is 16.0. The van der Waals surface area contributed by atoms with Crippen LogP contribution in [-0.4, -0.2) is 34.8 Å². The van der Waals surface area contributed by atoms with E-state index >= 15 is 0 Å². The van der Waals surface area contributed by atoms with Gasteiger partial charge in [-0.25, -0.2) is 0 Å². The van der Waals surface area contributed by atoms with Gasteiger partial charge in [-0.2, -0.15) is 0 Å². The molecule has 0 radical (unpaired) electrons. The third-order valence-electron chi connectivity index (χ3n) is 4.40. The fraction of sp³-hybridized carbons (Fsp3) is 0.429. The first-order valence-electron chi connectivity index (χ1n) is 8.98. The Morgan fingerprint density at radius 3 is 2.38 bits per heavy atom. The third-order valence-corrected chi connectivity index (χ3v) is 4.40. The zero-order valence-corrected chi connectivity index (χ0v) is 16.0. The summed E-state index contributed by atoms with van der Waals surface area (Å²) in [6, 6.07) is 15.7. The largest absolute Gasteiger partial charge is 0.490 e. The summed E-state index contributed by atoms with van der Waals surface area (Å²) in [6.07, 6.45) is -0.620. The number of aliphatic hydroxyl groups excluding tert-OH is 1. The molecule has 2 aromatic rings. The first-order chi connectivity index (χ1) is 12.3. The maximum atomic E-state index is 10.5. The van der Waals surface area contributed by atoms with E-state index in [4.69, 9.17) is 16.2 Å². The van der Waals surface area contributed by atoms with Crippen LogP contribution in [-0.2, 0) is 13.1 Å². The average Bonchev–Trinajstić information content (AvgIpc) is 2.59. The van der Waals surface area contributed by atoms with Crippen LogP contribution in [0.1, 0.15) is 31.9 Å². The Morgan fingerprint density at radius 1 is 1.08 bits per heavy atom. The van der Waals surface area contributed by atoms with Crippen LogP contribution in [0.15, 0.2) is 48.5 Å². The number of hydrogen-bond donors (Lipinski definition) is 3. The van der Waals surface area contributed by atoms with Crippen molar-refractivity contribution in [1.82, 2.24) is 4.90 Å². The van der Waals surface area contributed by atoms with Gasteiger partial charge in [0.2, 0.25) is 0 Å². The van der Waals surface area contributed by atoms with Crippen molar-refractivity contribution in [2.45, 2.75) is 45.5 Å². The predicted octanol–water partition coefficient (Wildman–Crippen LogP) is 2.77. The van der Waals surface area contributed by atoms with Crippen LogP contribution in [0.3, 0.4) is 0 Å². The van der Waals surface area contributed by atoms with Crippen molar-refractivity contribution in [2.24, 2.45) is 5.73 Å². The highest BCUT2D eigenvalue weighted by Crippen LogP contribution is 2.24. The summed E-state index contributed by atoms with van der Waals surface area (Å²) in [5.41, 5.74) is 14.2. The number of benzene rings is 2. The van der Waals surface area contributed by atoms with Crippen molar-refractivity contribution < 1.29 is 9.84 Å². The third kappa shape index (κ3) is 5.73. The summed E-state index contributed by atoms with van der Waals surface area (Å²) in [4.78, 5) is 2.25. The first-order valence-corrected chi connectivity index (χ1v) is 8.98. The normalized spacial score (nSPS) is 13.0. The summed E-state index contributed by atoms with van der Waals surface area (Å²) in [6.45, 7) is 8.22. The number of β-amino-alcohol motifs (C(OH)–C–C–N with tert-alkyl or cyclic N) is 1. The average molecular weight is 357 g/mol. The second kappa shape index (κ2) is 9.03. The van der Waals surface area contributed by atoms with Crippen molar-refractivity contribution in [3.63, 3.8) is 0 Å². The Balaban J connectivity index is 1.99. The van der Waals surface area contributed by atoms with Gasteiger partial charge in [0.1, 0.15) is 18.5 Å². The van der Waals surface area contributed by atoms with Crippen molar-refractivity contribution in [3.8, 4) is 5.75 Å². The summed E-state index contributed by atoms with van der Waals surface area (Å²) >= 11 is 0. The smallest absolute Gasteiger partial charge is 0.125 e. The van der Waals surface area contributed by atoms with Gasteiger partial charge in [0.25, 0.3) is 0 Å². The molecule has 5 nitrogen and oxygen atoms in total. The quantitative estimate of drug-likeness (QED) is 0.633. The highest BCUT2D eigenvalue weighted by atomic mass is 16.5. The van der Waals surface area contributed by atoms with Gasteiger partial charge in [0, 0.05) is 36.4 Å². The Labute approximate surface area is 156 Å². The van der Waals surface area contributed by atoms with Crippen LogP contribution in [0.5, 0.6) is 5.75 Å². The molecule has 5 heteroatoms. The van der Waals surface area contributed by atoms with Crippen LogP contribution < -0.4 is 16.2 Å². The molecule has 0 heterocycles. The van der Waals surface area contributed by atoms with E-state index in [1.165, 1.54) is 5.56 Å². The van der Waals surface area contributed by atoms with Crippen LogP contribution in [0.25, 0.3) is 0 Å². The maximum absolute atomic E-state index is 10.5. The van der Waals surface area contributed by atoms with Crippen LogP contribution in [0, 0.1) is 0 Å². The number of anilines is 1. The second-order valence-electron chi connectivity index (χ2n) is 7.53. The number of rotatable bonds is 8. The Morgan fingerprint density at radius 2 is 1.77 bits per heavy atom. The minimum Gasteiger partial charge on any atom is -0.490 e. The van der Waals surface area contributed by atoms with Gasteiger partial charge in [-0.15, -0.1) is 0 Å². The predicted molar refractivity (Wildman–Crippen MR) is 107 cm³/mol. The Kier molecular flexibility index (Phi) is 7.03. The lowest BCUT2D eigenvalue weighted by atomic mass is 10.0. The molecule has 0 aliphatic carbocycles. The van der Waals surface area contributed by atoms with Gasteiger partial charge >= 0.3 is 0 Å². The lowest BCUT2D eigenvalue weighted by molar-refractivity contribution is 0.0283. The van der Waals surface area contributed by atoms with Gasteiger partial charge in [-0.1, -0.05) is 36.4 Å². The molecule has 0 aliphatic heterocycles. The lowest BCUT2D eigenvalue weighted by Crippen LogP contribution is -2.46. The molecule has 0 bridgehead atoms. The molecule has 5 N–H and O–H groups in total. The number of aliphatic hydroxyl groups is 1. The topological polar surface area (TPSA) is 84.7 Å². The molecular weight excluding hydrogens is 326 g/mol. The molecule has 26 heavy (non-hydrogen) atoms. The van der Waals surface area contributed by atoms with E-state index in [1.807, 2.05) is 30.3 Å². The zero-order chi connectivity index (χ0) is 19.2. The van der Waals surface area contributed by atoms with Crippen molar-refractivity contribution in [1.29, 1.82) is 0 Å². The van der Waals surface area contributed by atoms with Gasteiger partial charge in [0.05, 0.1) is 0 Å². The highest BCUT2D eigenvalue weighted by molar-refractivity contribution is 5.54. The molecule has 2 aromatic carbocycles. The van der Waals surface area contributed by atoms with E-state index in [1.54, 1.807) is 6.07 Å². The molecule has 1 atom stereocenters. The van der Waals surface area contributed by atoms with Crippen LogP contribution in [0.2, 0.25) is 0 Å². The van der Waals surface area contributed by atoms with Crippen molar-refractivity contribution in [2.75, 3.05) is 18.9 Å². The molecule has 0 saturated carbocycles. The fourth-order valence-electron chi connectivity index (χ4n) is 2.81. The van der Waals surface area contributed by atoms with Gasteiger partial charge in [-0.3, -0.25) is 4.90 Å². The molecule has 0 amide bonds. The standard InChI is InChI=1S/C21H31N3O2/c1-21(2,3)24(13-16-8-5-4-6-9-16)14-17(25)15-26-20-11-7-10-19(23)18(20)12-22/h4-11,17,25H,12-15,22-23H2,1-3H3. The Hall–Kier alpha value is -2.08. The number of nitrogens with zero attached hydrogens (tertiary/aromatic N) is 1. The van der Waals surface area contributed by atoms with Crippen molar-refractivity contribution >= 4 is 5.69 Å². The van der Waals surface area contributed by atoms with Crippen LogP contribution >= 0.6 is 0 Å². The molecule has 0 aliphatic rings. The monoisotopic (exact) mass is 357 g/mol. The summed E-state index contributed by atoms with van der Waals surface area (Å²) in [5.74, 6) is 0.636. The van der Waals surface area contributed by atoms with Gasteiger partial charge in [0.15, 0.2) is 0 Å². The minimum atomic E-state index is -0.620. The second-order valence-corrected chi connectivity index (χ2v) is 7.53. The fourth-order valence-corrected chi connectivity index (χ4v) is 2.81. The van der Waals surface area contributed by atoms with E-state index < -0.39 is 6.10 Å². The minimum absolute atomic E-state index is 0.0730. The molecule has 0 fully saturated rings. The van der Waals surface area contributed by atoms with Crippen LogP contribution in [0.4, 0.5) is 5.69 Å². The summed E-state index contributed by atoms with van der Waals surface area (Å²) in [5, 5.41) is 10.5. The molecule has 0 saturated heterocycles. The number of nitrogens with two attached hydrogens (primary N) is 2. The lowest BCUT2D eigenvalue weighted by Gasteiger charge is -2.37. The van der Waals surface area contributed by atoms with E-state index in [9.17, 15) is 5.11 Å². The number of ether oxygens (including phenoxy) is 1. The molecular formula is C21H31N3O2. The molecule has 0 aromatic heterocycles. The summed E-state index contributed by atoms with van der Waals surface area (Å²) in [7, 11) is 0. The Bertz CT molecular complexity index is 683. The van der Waals surface area contributed by atoms with Gasteiger partial charge < -0.3 is 21.3 Å².